The van der Waals surface area contributed by atoms with Crippen molar-refractivity contribution in [3.05, 3.63) is 78.4 Å². The number of benzene rings is 2. The molecular weight excluding hydrogens is 290 g/mol. The molecule has 22 heavy (non-hydrogen) atoms. The van der Waals surface area contributed by atoms with Gasteiger partial charge in [0.25, 0.3) is 0 Å². The lowest BCUT2D eigenvalue weighted by atomic mass is 10.1. The molecule has 106 valence electrons. The number of hydrogen-bond acceptors (Lipinski definition) is 3. The zero-order chi connectivity index (χ0) is 14.8. The van der Waals surface area contributed by atoms with Gasteiger partial charge in [-0.2, -0.15) is 0 Å². The molecule has 0 radical (unpaired) electrons. The van der Waals surface area contributed by atoms with Crippen LogP contribution < -0.4 is 4.74 Å². The lowest BCUT2D eigenvalue weighted by molar-refractivity contribution is 0.486. The Hall–Kier alpha value is -2.65. The minimum Gasteiger partial charge on any atom is -0.455 e. The van der Waals surface area contributed by atoms with E-state index in [-0.39, 0.29) is 0 Å². The molecule has 2 heterocycles. The zero-order valence-corrected chi connectivity index (χ0v) is 12.6. The van der Waals surface area contributed by atoms with E-state index < -0.39 is 0 Å². The van der Waals surface area contributed by atoms with Crippen molar-refractivity contribution in [3.8, 4) is 22.6 Å². The van der Waals surface area contributed by atoms with Crippen molar-refractivity contribution < 1.29 is 4.74 Å². The van der Waals surface area contributed by atoms with Crippen LogP contribution in [0.4, 0.5) is 0 Å². The van der Waals surface area contributed by atoms with Gasteiger partial charge in [0.2, 0.25) is 0 Å². The summed E-state index contributed by atoms with van der Waals surface area (Å²) in [6, 6.07) is 20.5. The van der Waals surface area contributed by atoms with Gasteiger partial charge < -0.3 is 4.74 Å². The monoisotopic (exact) mass is 303 g/mol. The summed E-state index contributed by atoms with van der Waals surface area (Å²) in [7, 11) is 0. The Morgan fingerprint density at radius 1 is 0.773 bits per heavy atom. The van der Waals surface area contributed by atoms with Gasteiger partial charge in [0.05, 0.1) is 10.9 Å². The number of fused-ring (bicyclic) bond motifs is 1. The van der Waals surface area contributed by atoms with Crippen LogP contribution in [0.15, 0.2) is 78.4 Å². The first-order chi connectivity index (χ1) is 10.9. The highest BCUT2D eigenvalue weighted by Gasteiger charge is 2.05. The smallest absolute Gasteiger partial charge is 0.154 e. The molecule has 4 aromatic rings. The average molecular weight is 303 g/mol. The standard InChI is InChI=1S/C19H13NOS/c1-2-4-14(5-3-1)15-6-8-16(9-7-15)21-18-12-20-13-19-17(18)10-11-22-19/h1-13H. The molecule has 2 aromatic carbocycles. The summed E-state index contributed by atoms with van der Waals surface area (Å²) in [5.74, 6) is 1.62. The predicted octanol–water partition coefficient (Wildman–Crippen LogP) is 5.76. The first kappa shape index (κ1) is 13.0. The number of pyridine rings is 1. The molecule has 0 spiro atoms. The lowest BCUT2D eigenvalue weighted by Crippen LogP contribution is -1.86. The molecule has 0 unspecified atom stereocenters. The lowest BCUT2D eigenvalue weighted by Gasteiger charge is -2.08. The summed E-state index contributed by atoms with van der Waals surface area (Å²) in [6.07, 6.45) is 3.63. The highest BCUT2D eigenvalue weighted by molar-refractivity contribution is 7.17. The van der Waals surface area contributed by atoms with E-state index in [1.165, 1.54) is 11.1 Å². The molecule has 4 rings (SSSR count). The van der Waals surface area contributed by atoms with Crippen molar-refractivity contribution >= 4 is 21.4 Å². The van der Waals surface area contributed by atoms with Gasteiger partial charge in [-0.1, -0.05) is 42.5 Å². The molecule has 3 heteroatoms. The Balaban J connectivity index is 1.63. The minimum absolute atomic E-state index is 0.797. The van der Waals surface area contributed by atoms with Crippen molar-refractivity contribution in [1.82, 2.24) is 4.98 Å². The molecule has 0 aliphatic carbocycles. The molecule has 0 N–H and O–H groups in total. The van der Waals surface area contributed by atoms with Crippen molar-refractivity contribution in [3.63, 3.8) is 0 Å². The van der Waals surface area contributed by atoms with Crippen molar-refractivity contribution in [2.24, 2.45) is 0 Å². The van der Waals surface area contributed by atoms with Gasteiger partial charge in [-0.15, -0.1) is 11.3 Å². The largest absolute Gasteiger partial charge is 0.455 e. The van der Waals surface area contributed by atoms with E-state index in [0.717, 1.165) is 21.6 Å². The van der Waals surface area contributed by atoms with Crippen LogP contribution in [0.5, 0.6) is 11.5 Å². The maximum atomic E-state index is 5.98. The molecule has 0 aliphatic rings. The number of rotatable bonds is 3. The molecule has 0 fully saturated rings. The summed E-state index contributed by atoms with van der Waals surface area (Å²) in [4.78, 5) is 4.23. The molecule has 0 atom stereocenters. The molecule has 0 amide bonds. The first-order valence-corrected chi connectivity index (χ1v) is 7.93. The fourth-order valence-electron chi connectivity index (χ4n) is 2.42. The topological polar surface area (TPSA) is 22.1 Å². The Bertz CT molecular complexity index is 898. The summed E-state index contributed by atoms with van der Waals surface area (Å²) < 4.78 is 7.12. The van der Waals surface area contributed by atoms with Crippen LogP contribution in [0.1, 0.15) is 0 Å². The average Bonchev–Trinajstić information content (AvgIpc) is 3.06. The maximum Gasteiger partial charge on any atom is 0.154 e. The third-order valence-electron chi connectivity index (χ3n) is 3.53. The third kappa shape index (κ3) is 2.47. The highest BCUT2D eigenvalue weighted by atomic mass is 32.1. The van der Waals surface area contributed by atoms with Crippen LogP contribution in [-0.2, 0) is 0 Å². The van der Waals surface area contributed by atoms with E-state index in [9.17, 15) is 0 Å². The van der Waals surface area contributed by atoms with Crippen LogP contribution in [0.2, 0.25) is 0 Å². The number of nitrogens with zero attached hydrogens (tertiary/aromatic N) is 1. The summed E-state index contributed by atoms with van der Waals surface area (Å²) in [5, 5.41) is 3.16. The normalized spacial score (nSPS) is 10.7. The Morgan fingerprint density at radius 2 is 1.55 bits per heavy atom. The fourth-order valence-corrected chi connectivity index (χ4v) is 3.19. The van der Waals surface area contributed by atoms with Crippen LogP contribution in [0, 0.1) is 0 Å². The zero-order valence-electron chi connectivity index (χ0n) is 11.8. The van der Waals surface area contributed by atoms with Crippen molar-refractivity contribution in [2.45, 2.75) is 0 Å². The second kappa shape index (κ2) is 5.62. The number of ether oxygens (including phenoxy) is 1. The Labute approximate surface area is 132 Å². The predicted molar refractivity (Wildman–Crippen MR) is 91.6 cm³/mol. The number of aromatic nitrogens is 1. The van der Waals surface area contributed by atoms with E-state index in [0.29, 0.717) is 0 Å². The molecule has 2 aromatic heterocycles. The quantitative estimate of drug-likeness (QED) is 0.480. The van der Waals surface area contributed by atoms with Crippen LogP contribution in [0.25, 0.3) is 21.2 Å². The molecular formula is C19H13NOS. The SMILES string of the molecule is c1ccc(-c2ccc(Oc3cncc4sccc34)cc2)cc1. The summed E-state index contributed by atoms with van der Waals surface area (Å²) in [6.45, 7) is 0. The molecule has 2 nitrogen and oxygen atoms in total. The fraction of sp³-hybridized carbons (Fsp3) is 0. The van der Waals surface area contributed by atoms with Gasteiger partial charge in [-0.05, 0) is 34.7 Å². The summed E-state index contributed by atoms with van der Waals surface area (Å²) in [5.41, 5.74) is 2.38. The van der Waals surface area contributed by atoms with Crippen LogP contribution in [-0.4, -0.2) is 4.98 Å². The highest BCUT2D eigenvalue weighted by Crippen LogP contribution is 2.32. The van der Waals surface area contributed by atoms with Gasteiger partial charge in [0.15, 0.2) is 5.75 Å². The van der Waals surface area contributed by atoms with Crippen LogP contribution >= 0.6 is 11.3 Å². The number of thiophene rings is 1. The maximum absolute atomic E-state index is 5.98. The Kier molecular flexibility index (Phi) is 3.33. The van der Waals surface area contributed by atoms with Crippen LogP contribution in [0.3, 0.4) is 0 Å². The van der Waals surface area contributed by atoms with Gasteiger partial charge in [-0.25, -0.2) is 0 Å². The van der Waals surface area contributed by atoms with E-state index in [2.05, 4.69) is 40.7 Å². The first-order valence-electron chi connectivity index (χ1n) is 7.05. The molecule has 0 aliphatic heterocycles. The molecule has 0 saturated carbocycles. The second-order valence-electron chi connectivity index (χ2n) is 4.96. The van der Waals surface area contributed by atoms with E-state index in [1.807, 2.05) is 36.5 Å². The Morgan fingerprint density at radius 3 is 2.36 bits per heavy atom. The molecule has 0 bridgehead atoms. The number of hydrogen-bond donors (Lipinski definition) is 0. The van der Waals surface area contributed by atoms with E-state index >= 15 is 0 Å². The van der Waals surface area contributed by atoms with E-state index in [4.69, 9.17) is 4.74 Å². The van der Waals surface area contributed by atoms with Crippen molar-refractivity contribution in [2.75, 3.05) is 0 Å². The molecule has 0 saturated heterocycles. The summed E-state index contributed by atoms with van der Waals surface area (Å²) >= 11 is 1.67. The van der Waals surface area contributed by atoms with Gasteiger partial charge in [-0.3, -0.25) is 4.98 Å². The van der Waals surface area contributed by atoms with Crippen molar-refractivity contribution in [1.29, 1.82) is 0 Å². The van der Waals surface area contributed by atoms with Gasteiger partial charge in [0, 0.05) is 11.6 Å². The second-order valence-corrected chi connectivity index (χ2v) is 5.91. The van der Waals surface area contributed by atoms with Gasteiger partial charge >= 0.3 is 0 Å². The van der Waals surface area contributed by atoms with E-state index in [1.54, 1.807) is 17.5 Å². The third-order valence-corrected chi connectivity index (χ3v) is 4.38. The minimum atomic E-state index is 0.797. The van der Waals surface area contributed by atoms with Gasteiger partial charge in [0.1, 0.15) is 5.75 Å².